The van der Waals surface area contributed by atoms with Gasteiger partial charge in [0, 0.05) is 13.0 Å². The van der Waals surface area contributed by atoms with E-state index < -0.39 is 12.1 Å². The fourth-order valence-electron chi connectivity index (χ4n) is 0.367. The molecule has 0 bridgehead atoms. The lowest BCUT2D eigenvalue weighted by Gasteiger charge is -2.00. The van der Waals surface area contributed by atoms with E-state index in [1.54, 1.807) is 6.92 Å². The monoisotopic (exact) mass is 157 g/mol. The normalized spacial score (nSPS) is 8.45. The van der Waals surface area contributed by atoms with Crippen molar-refractivity contribution in [3.05, 3.63) is 12.7 Å². The summed E-state index contributed by atoms with van der Waals surface area (Å²) < 4.78 is 4.26. The number of alkyl carbamates (subject to hydrolysis) is 1. The first-order valence-electron chi connectivity index (χ1n) is 3.30. The number of hydrogen-bond acceptors (Lipinski definition) is 3. The maximum Gasteiger partial charge on any atom is 0.415 e. The van der Waals surface area contributed by atoms with E-state index in [0.29, 0.717) is 6.54 Å². The van der Waals surface area contributed by atoms with Crippen molar-refractivity contribution in [1.29, 1.82) is 0 Å². The van der Waals surface area contributed by atoms with Gasteiger partial charge in [0.15, 0.2) is 0 Å². The fraction of sp³-hybridized carbons (Fsp3) is 0.429. The third-order valence-corrected chi connectivity index (χ3v) is 0.886. The van der Waals surface area contributed by atoms with Crippen LogP contribution < -0.4 is 5.32 Å². The van der Waals surface area contributed by atoms with Crippen LogP contribution in [-0.4, -0.2) is 18.6 Å². The second kappa shape index (κ2) is 5.46. The summed E-state index contributed by atoms with van der Waals surface area (Å²) in [5, 5.41) is 2.30. The van der Waals surface area contributed by atoms with Crippen LogP contribution in [-0.2, 0) is 9.53 Å². The molecule has 1 N–H and O–H groups in total. The Bertz CT molecular complexity index is 165. The summed E-state index contributed by atoms with van der Waals surface area (Å²) >= 11 is 0. The SMILES string of the molecule is C=CCNC(=O)OC(=O)CC. The van der Waals surface area contributed by atoms with Gasteiger partial charge in [-0.25, -0.2) is 4.79 Å². The van der Waals surface area contributed by atoms with Crippen LogP contribution in [0.5, 0.6) is 0 Å². The zero-order valence-corrected chi connectivity index (χ0v) is 6.42. The predicted octanol–water partition coefficient (Wildman–Crippen LogP) is 0.835. The Balaban J connectivity index is 3.51. The van der Waals surface area contributed by atoms with Crippen LogP contribution in [0, 0.1) is 0 Å². The van der Waals surface area contributed by atoms with Crippen LogP contribution in [0.3, 0.4) is 0 Å². The van der Waals surface area contributed by atoms with Gasteiger partial charge in [-0.3, -0.25) is 4.79 Å². The van der Waals surface area contributed by atoms with Crippen LogP contribution in [0.4, 0.5) is 4.79 Å². The number of ether oxygens (including phenoxy) is 1. The third kappa shape index (κ3) is 5.14. The summed E-state index contributed by atoms with van der Waals surface area (Å²) in [4.78, 5) is 21.0. The van der Waals surface area contributed by atoms with E-state index >= 15 is 0 Å². The first-order valence-corrected chi connectivity index (χ1v) is 3.30. The van der Waals surface area contributed by atoms with Crippen molar-refractivity contribution in [3.63, 3.8) is 0 Å². The van der Waals surface area contributed by atoms with E-state index in [9.17, 15) is 9.59 Å². The van der Waals surface area contributed by atoms with E-state index in [-0.39, 0.29) is 6.42 Å². The van der Waals surface area contributed by atoms with Crippen molar-refractivity contribution in [3.8, 4) is 0 Å². The summed E-state index contributed by atoms with van der Waals surface area (Å²) in [5.74, 6) is -0.536. The Kier molecular flexibility index (Phi) is 4.81. The number of nitrogens with one attached hydrogen (secondary N) is 1. The Labute approximate surface area is 65.2 Å². The highest BCUT2D eigenvalue weighted by molar-refractivity contribution is 5.84. The van der Waals surface area contributed by atoms with Gasteiger partial charge in [0.25, 0.3) is 0 Å². The molecule has 0 spiro atoms. The highest BCUT2D eigenvalue weighted by Gasteiger charge is 2.04. The minimum atomic E-state index is -0.725. The highest BCUT2D eigenvalue weighted by Crippen LogP contribution is 1.84. The van der Waals surface area contributed by atoms with Gasteiger partial charge in [-0.05, 0) is 0 Å². The summed E-state index contributed by atoms with van der Waals surface area (Å²) in [5.41, 5.74) is 0. The first-order chi connectivity index (χ1) is 5.20. The van der Waals surface area contributed by atoms with E-state index in [1.807, 2.05) is 0 Å². The van der Waals surface area contributed by atoms with Crippen LogP contribution in [0.25, 0.3) is 0 Å². The second-order valence-electron chi connectivity index (χ2n) is 1.78. The molecule has 0 saturated carbocycles. The van der Waals surface area contributed by atoms with Gasteiger partial charge in [0.2, 0.25) is 0 Å². The van der Waals surface area contributed by atoms with Gasteiger partial charge in [-0.2, -0.15) is 0 Å². The molecular weight excluding hydrogens is 146 g/mol. The van der Waals surface area contributed by atoms with Crippen molar-refractivity contribution < 1.29 is 14.3 Å². The lowest BCUT2D eigenvalue weighted by molar-refractivity contribution is -0.136. The summed E-state index contributed by atoms with van der Waals surface area (Å²) in [6, 6.07) is 0. The number of carbonyl (C=O) groups excluding carboxylic acids is 2. The maximum atomic E-state index is 10.6. The number of esters is 1. The van der Waals surface area contributed by atoms with Crippen molar-refractivity contribution >= 4 is 12.1 Å². The molecule has 0 aliphatic heterocycles. The van der Waals surface area contributed by atoms with Gasteiger partial charge >= 0.3 is 12.1 Å². The van der Waals surface area contributed by atoms with E-state index in [0.717, 1.165) is 0 Å². The van der Waals surface area contributed by atoms with Gasteiger partial charge in [-0.15, -0.1) is 6.58 Å². The average Bonchev–Trinajstić information content (AvgIpc) is 2.00. The quantitative estimate of drug-likeness (QED) is 0.375. The van der Waals surface area contributed by atoms with Crippen LogP contribution in [0.2, 0.25) is 0 Å². The number of carbonyl (C=O) groups is 2. The maximum absolute atomic E-state index is 10.6. The average molecular weight is 157 g/mol. The molecule has 0 saturated heterocycles. The summed E-state index contributed by atoms with van der Waals surface area (Å²) in [6.45, 7) is 5.29. The number of rotatable bonds is 3. The number of amides is 1. The zero-order chi connectivity index (χ0) is 8.69. The van der Waals surface area contributed by atoms with E-state index in [1.165, 1.54) is 6.08 Å². The lowest BCUT2D eigenvalue weighted by atomic mass is 10.5. The van der Waals surface area contributed by atoms with Gasteiger partial charge in [0.05, 0.1) is 0 Å². The van der Waals surface area contributed by atoms with Crippen molar-refractivity contribution in [2.45, 2.75) is 13.3 Å². The Morgan fingerprint density at radius 1 is 1.64 bits per heavy atom. The molecule has 0 unspecified atom stereocenters. The number of hydrogen-bond donors (Lipinski definition) is 1. The standard InChI is InChI=1S/C7H11NO3/c1-3-5-8-7(10)11-6(9)4-2/h3H,1,4-5H2,2H3,(H,8,10). The van der Waals surface area contributed by atoms with Crippen LogP contribution in [0.1, 0.15) is 13.3 Å². The molecule has 0 rings (SSSR count). The lowest BCUT2D eigenvalue weighted by Crippen LogP contribution is -2.26. The predicted molar refractivity (Wildman–Crippen MR) is 40.0 cm³/mol. The molecule has 0 aromatic heterocycles. The highest BCUT2D eigenvalue weighted by atomic mass is 16.6. The summed E-state index contributed by atoms with van der Waals surface area (Å²) in [7, 11) is 0. The minimum Gasteiger partial charge on any atom is -0.376 e. The molecule has 0 heterocycles. The Morgan fingerprint density at radius 3 is 2.73 bits per heavy atom. The molecular formula is C7H11NO3. The first kappa shape index (κ1) is 9.68. The van der Waals surface area contributed by atoms with E-state index in [2.05, 4.69) is 16.6 Å². The molecule has 0 atom stereocenters. The van der Waals surface area contributed by atoms with Gasteiger partial charge in [0.1, 0.15) is 0 Å². The second-order valence-corrected chi connectivity index (χ2v) is 1.78. The smallest absolute Gasteiger partial charge is 0.376 e. The summed E-state index contributed by atoms with van der Waals surface area (Å²) in [6.07, 6.45) is 0.968. The third-order valence-electron chi connectivity index (χ3n) is 0.886. The fourth-order valence-corrected chi connectivity index (χ4v) is 0.367. The van der Waals surface area contributed by atoms with Gasteiger partial charge < -0.3 is 10.1 Å². The van der Waals surface area contributed by atoms with Crippen molar-refractivity contribution in [1.82, 2.24) is 5.32 Å². The molecule has 0 aliphatic rings. The molecule has 0 aromatic carbocycles. The molecule has 0 fully saturated rings. The zero-order valence-electron chi connectivity index (χ0n) is 6.42. The Morgan fingerprint density at radius 2 is 2.27 bits per heavy atom. The van der Waals surface area contributed by atoms with Crippen molar-refractivity contribution in [2.24, 2.45) is 0 Å². The molecule has 0 aromatic rings. The molecule has 1 amide bonds. The molecule has 4 nitrogen and oxygen atoms in total. The van der Waals surface area contributed by atoms with Crippen molar-refractivity contribution in [2.75, 3.05) is 6.54 Å². The largest absolute Gasteiger partial charge is 0.415 e. The van der Waals surface area contributed by atoms with Crippen LogP contribution >= 0.6 is 0 Å². The molecule has 62 valence electrons. The minimum absolute atomic E-state index is 0.196. The Hall–Kier alpha value is -1.32. The molecule has 4 heteroatoms. The molecule has 11 heavy (non-hydrogen) atoms. The molecule has 0 radical (unpaired) electrons. The van der Waals surface area contributed by atoms with Gasteiger partial charge in [-0.1, -0.05) is 13.0 Å². The topological polar surface area (TPSA) is 55.4 Å². The van der Waals surface area contributed by atoms with E-state index in [4.69, 9.17) is 0 Å². The van der Waals surface area contributed by atoms with Crippen LogP contribution in [0.15, 0.2) is 12.7 Å². The molecule has 0 aliphatic carbocycles.